The van der Waals surface area contributed by atoms with Crippen molar-refractivity contribution in [2.45, 2.75) is 18.9 Å². The van der Waals surface area contributed by atoms with Crippen LogP contribution in [0.3, 0.4) is 0 Å². The molecule has 0 aliphatic carbocycles. The van der Waals surface area contributed by atoms with Gasteiger partial charge in [-0.1, -0.05) is 0 Å². The number of nitrogens with zero attached hydrogens (tertiary/aromatic N) is 1. The lowest BCUT2D eigenvalue weighted by atomic mass is 10.1. The van der Waals surface area contributed by atoms with E-state index < -0.39 is 11.8 Å². The van der Waals surface area contributed by atoms with E-state index in [9.17, 15) is 14.7 Å². The van der Waals surface area contributed by atoms with Crippen LogP contribution in [0.5, 0.6) is 0 Å². The molecule has 3 N–H and O–H groups in total. The molecule has 1 fully saturated rings. The van der Waals surface area contributed by atoms with Gasteiger partial charge in [-0.05, 0) is 12.8 Å². The third kappa shape index (κ3) is 2.10. The van der Waals surface area contributed by atoms with Crippen molar-refractivity contribution in [3.8, 4) is 0 Å². The average molecular weight is 211 g/mol. The predicted molar refractivity (Wildman–Crippen MR) is 52.6 cm³/mol. The molecule has 15 heavy (non-hydrogen) atoms. The first-order chi connectivity index (χ1) is 7.16. The van der Waals surface area contributed by atoms with Gasteiger partial charge < -0.3 is 20.0 Å². The lowest BCUT2D eigenvalue weighted by molar-refractivity contribution is 0.0469. The SMILES string of the molecule is O=C(c1c[nH]c(=O)[nH]1)N1CCCC(O)C1. The third-order valence-electron chi connectivity index (χ3n) is 2.51. The molecule has 0 saturated carbocycles. The number of H-pyrrole nitrogens is 2. The van der Waals surface area contributed by atoms with Gasteiger partial charge in [-0.2, -0.15) is 0 Å². The van der Waals surface area contributed by atoms with Crippen molar-refractivity contribution in [1.29, 1.82) is 0 Å². The van der Waals surface area contributed by atoms with Gasteiger partial charge in [-0.25, -0.2) is 4.79 Å². The van der Waals surface area contributed by atoms with Gasteiger partial charge in [0.2, 0.25) is 0 Å². The van der Waals surface area contributed by atoms with Crippen LogP contribution in [-0.4, -0.2) is 45.1 Å². The van der Waals surface area contributed by atoms with E-state index in [0.717, 1.165) is 12.8 Å². The molecule has 0 spiro atoms. The van der Waals surface area contributed by atoms with Crippen molar-refractivity contribution in [1.82, 2.24) is 14.9 Å². The number of β-amino-alcohol motifs (C(OH)–C–C–N with tert-alkyl or cyclic N) is 1. The second-order valence-corrected chi connectivity index (χ2v) is 3.70. The van der Waals surface area contributed by atoms with Gasteiger partial charge in [-0.15, -0.1) is 0 Å². The zero-order chi connectivity index (χ0) is 10.8. The Labute approximate surface area is 85.9 Å². The molecule has 0 aromatic carbocycles. The summed E-state index contributed by atoms with van der Waals surface area (Å²) in [4.78, 5) is 28.9. The number of carbonyl (C=O) groups excluding carboxylic acids is 1. The molecular weight excluding hydrogens is 198 g/mol. The van der Waals surface area contributed by atoms with Crippen LogP contribution in [0.15, 0.2) is 11.0 Å². The fraction of sp³-hybridized carbons (Fsp3) is 0.556. The minimum atomic E-state index is -0.451. The first kappa shape index (κ1) is 9.97. The summed E-state index contributed by atoms with van der Waals surface area (Å²) >= 11 is 0. The molecule has 82 valence electrons. The van der Waals surface area contributed by atoms with Crippen LogP contribution < -0.4 is 5.69 Å². The molecule has 1 aliphatic heterocycles. The molecule has 1 aromatic rings. The molecule has 1 aliphatic rings. The summed E-state index contributed by atoms with van der Waals surface area (Å²) < 4.78 is 0. The number of aliphatic hydroxyl groups is 1. The van der Waals surface area contributed by atoms with E-state index in [-0.39, 0.29) is 11.6 Å². The normalized spacial score (nSPS) is 21.7. The smallest absolute Gasteiger partial charge is 0.323 e. The molecular formula is C9H13N3O3. The largest absolute Gasteiger partial charge is 0.391 e. The highest BCUT2D eigenvalue weighted by Gasteiger charge is 2.23. The Balaban J connectivity index is 2.10. The number of aromatic nitrogens is 2. The van der Waals surface area contributed by atoms with E-state index in [1.807, 2.05) is 0 Å². The fourth-order valence-corrected chi connectivity index (χ4v) is 1.76. The number of hydrogen-bond donors (Lipinski definition) is 3. The topological polar surface area (TPSA) is 89.2 Å². The van der Waals surface area contributed by atoms with Gasteiger partial charge in [0, 0.05) is 19.3 Å². The number of amides is 1. The summed E-state index contributed by atoms with van der Waals surface area (Å²) in [5.41, 5.74) is -0.148. The van der Waals surface area contributed by atoms with Crippen molar-refractivity contribution < 1.29 is 9.90 Å². The van der Waals surface area contributed by atoms with Crippen LogP contribution in [0, 0.1) is 0 Å². The van der Waals surface area contributed by atoms with Gasteiger partial charge in [0.25, 0.3) is 5.91 Å². The number of aromatic amines is 2. The molecule has 2 rings (SSSR count). The highest BCUT2D eigenvalue weighted by molar-refractivity contribution is 5.92. The van der Waals surface area contributed by atoms with Gasteiger partial charge in [0.1, 0.15) is 5.69 Å². The summed E-state index contributed by atoms with van der Waals surface area (Å²) in [6.45, 7) is 0.967. The number of rotatable bonds is 1. The highest BCUT2D eigenvalue weighted by Crippen LogP contribution is 2.11. The first-order valence-corrected chi connectivity index (χ1v) is 4.92. The van der Waals surface area contributed by atoms with Gasteiger partial charge in [-0.3, -0.25) is 4.79 Å². The quantitative estimate of drug-likeness (QED) is 0.573. The maximum atomic E-state index is 11.8. The van der Waals surface area contributed by atoms with Crippen molar-refractivity contribution in [2.24, 2.45) is 0 Å². The molecule has 1 saturated heterocycles. The average Bonchev–Trinajstić information content (AvgIpc) is 2.64. The maximum absolute atomic E-state index is 11.8. The van der Waals surface area contributed by atoms with Crippen LogP contribution in [0.1, 0.15) is 23.3 Å². The van der Waals surface area contributed by atoms with Gasteiger partial charge >= 0.3 is 5.69 Å². The summed E-state index contributed by atoms with van der Waals surface area (Å²) in [5, 5.41) is 9.41. The van der Waals surface area contributed by atoms with Crippen LogP contribution in [0.2, 0.25) is 0 Å². The van der Waals surface area contributed by atoms with Crippen LogP contribution >= 0.6 is 0 Å². The number of imidazole rings is 1. The molecule has 0 bridgehead atoms. The Hall–Kier alpha value is -1.56. The highest BCUT2D eigenvalue weighted by atomic mass is 16.3. The lowest BCUT2D eigenvalue weighted by Crippen LogP contribution is -2.42. The van der Waals surface area contributed by atoms with Crippen LogP contribution in [-0.2, 0) is 0 Å². The third-order valence-corrected chi connectivity index (χ3v) is 2.51. The first-order valence-electron chi connectivity index (χ1n) is 4.92. The van der Waals surface area contributed by atoms with E-state index in [1.54, 1.807) is 4.90 Å². The van der Waals surface area contributed by atoms with Crippen molar-refractivity contribution >= 4 is 5.91 Å². The predicted octanol–water partition coefficient (Wildman–Crippen LogP) is -0.700. The van der Waals surface area contributed by atoms with Crippen LogP contribution in [0.4, 0.5) is 0 Å². The second kappa shape index (κ2) is 3.90. The molecule has 1 aromatic heterocycles. The van der Waals surface area contributed by atoms with E-state index in [2.05, 4.69) is 9.97 Å². The second-order valence-electron chi connectivity index (χ2n) is 3.70. The zero-order valence-electron chi connectivity index (χ0n) is 8.19. The van der Waals surface area contributed by atoms with Crippen LogP contribution in [0.25, 0.3) is 0 Å². The molecule has 6 nitrogen and oxygen atoms in total. The zero-order valence-corrected chi connectivity index (χ0v) is 8.19. The Morgan fingerprint density at radius 2 is 2.40 bits per heavy atom. The van der Waals surface area contributed by atoms with Gasteiger partial charge in [0.15, 0.2) is 0 Å². The number of hydrogen-bond acceptors (Lipinski definition) is 3. The number of nitrogens with one attached hydrogen (secondary N) is 2. The maximum Gasteiger partial charge on any atom is 0.323 e. The van der Waals surface area contributed by atoms with Crippen molar-refractivity contribution in [3.63, 3.8) is 0 Å². The van der Waals surface area contributed by atoms with E-state index in [0.29, 0.717) is 13.1 Å². The molecule has 1 amide bonds. The van der Waals surface area contributed by atoms with E-state index in [4.69, 9.17) is 0 Å². The Morgan fingerprint density at radius 1 is 1.60 bits per heavy atom. The summed E-state index contributed by atoms with van der Waals surface area (Å²) in [6.07, 6.45) is 2.43. The monoisotopic (exact) mass is 211 g/mol. The summed E-state index contributed by atoms with van der Waals surface area (Å²) in [7, 11) is 0. The minimum Gasteiger partial charge on any atom is -0.391 e. The number of aliphatic hydroxyl groups excluding tert-OH is 1. The standard InChI is InChI=1S/C9H13N3O3/c13-6-2-1-3-12(5-6)8(14)7-4-10-9(15)11-7/h4,6,13H,1-3,5H2,(H2,10,11,15). The Morgan fingerprint density at radius 3 is 3.00 bits per heavy atom. The molecule has 0 radical (unpaired) electrons. The number of carbonyl (C=O) groups is 1. The summed E-state index contributed by atoms with van der Waals surface area (Å²) in [5.74, 6) is -0.243. The molecule has 6 heteroatoms. The van der Waals surface area contributed by atoms with E-state index in [1.165, 1.54) is 6.20 Å². The Bertz CT molecular complexity index is 409. The number of likely N-dealkylation sites (tertiary alicyclic amines) is 1. The van der Waals surface area contributed by atoms with Crippen molar-refractivity contribution in [3.05, 3.63) is 22.4 Å². The van der Waals surface area contributed by atoms with E-state index >= 15 is 0 Å². The van der Waals surface area contributed by atoms with Crippen molar-refractivity contribution in [2.75, 3.05) is 13.1 Å². The fourth-order valence-electron chi connectivity index (χ4n) is 1.76. The molecule has 1 atom stereocenters. The van der Waals surface area contributed by atoms with Gasteiger partial charge in [0.05, 0.1) is 6.10 Å². The molecule has 2 heterocycles. The lowest BCUT2D eigenvalue weighted by Gasteiger charge is -2.29. The Kier molecular flexibility index (Phi) is 2.59. The molecule has 1 unspecified atom stereocenters. The summed E-state index contributed by atoms with van der Waals surface area (Å²) in [6, 6.07) is 0. The minimum absolute atomic E-state index is 0.243. The number of piperidine rings is 1.